The van der Waals surface area contributed by atoms with E-state index in [1.165, 1.54) is 11.3 Å². The maximum Gasteiger partial charge on any atom is 0.256 e. The third kappa shape index (κ3) is 5.65. The molecule has 0 fully saturated rings. The molecule has 2 aromatic carbocycles. The van der Waals surface area contributed by atoms with Crippen molar-refractivity contribution in [3.05, 3.63) is 74.6 Å². The summed E-state index contributed by atoms with van der Waals surface area (Å²) in [6, 6.07) is 14.3. The van der Waals surface area contributed by atoms with Crippen LogP contribution in [0.3, 0.4) is 0 Å². The molecule has 0 bridgehead atoms. The number of hydrogen-bond acceptors (Lipinski definition) is 5. The summed E-state index contributed by atoms with van der Waals surface area (Å²) in [5, 5.41) is 3.27. The summed E-state index contributed by atoms with van der Waals surface area (Å²) < 4.78 is 12.2. The molecule has 0 unspecified atom stereocenters. The molecular formula is C23H23BrN2O4S. The van der Waals surface area contributed by atoms with Gasteiger partial charge in [-0.15, -0.1) is 11.3 Å². The summed E-state index contributed by atoms with van der Waals surface area (Å²) >= 11 is 4.75. The van der Waals surface area contributed by atoms with Gasteiger partial charge in [-0.2, -0.15) is 0 Å². The molecular weight excluding hydrogens is 480 g/mol. The van der Waals surface area contributed by atoms with Crippen molar-refractivity contribution >= 4 is 44.1 Å². The average molecular weight is 503 g/mol. The quantitative estimate of drug-likeness (QED) is 0.420. The Bertz CT molecular complexity index is 1090. The maximum absolute atomic E-state index is 12.9. The Kier molecular flexibility index (Phi) is 7.35. The van der Waals surface area contributed by atoms with Gasteiger partial charge in [-0.25, -0.2) is 0 Å². The molecule has 0 atom stereocenters. The Labute approximate surface area is 193 Å². The first-order valence-corrected chi connectivity index (χ1v) is 11.2. The summed E-state index contributed by atoms with van der Waals surface area (Å²) in [7, 11) is 1.57. The average Bonchev–Trinajstić information content (AvgIpc) is 3.17. The molecule has 0 saturated heterocycles. The van der Waals surface area contributed by atoms with Gasteiger partial charge in [0.25, 0.3) is 11.8 Å². The maximum atomic E-state index is 12.9. The number of ether oxygens (including phenoxy) is 2. The summed E-state index contributed by atoms with van der Waals surface area (Å²) in [5.41, 5.74) is 6.95. The first-order chi connectivity index (χ1) is 14.8. The van der Waals surface area contributed by atoms with Gasteiger partial charge >= 0.3 is 0 Å². The van der Waals surface area contributed by atoms with Crippen LogP contribution in [0.15, 0.2) is 53.0 Å². The van der Waals surface area contributed by atoms with Gasteiger partial charge < -0.3 is 20.5 Å². The van der Waals surface area contributed by atoms with E-state index >= 15 is 0 Å². The van der Waals surface area contributed by atoms with Crippen LogP contribution >= 0.6 is 27.3 Å². The lowest BCUT2D eigenvalue weighted by molar-refractivity contribution is 0.100. The van der Waals surface area contributed by atoms with Gasteiger partial charge in [0, 0.05) is 20.5 Å². The minimum atomic E-state index is -0.572. The molecule has 162 valence electrons. The minimum Gasteiger partial charge on any atom is -0.496 e. The summed E-state index contributed by atoms with van der Waals surface area (Å²) in [4.78, 5) is 25.7. The summed E-state index contributed by atoms with van der Waals surface area (Å²) in [6.07, 6.45) is 0. The van der Waals surface area contributed by atoms with Crippen molar-refractivity contribution in [3.8, 4) is 11.5 Å². The number of nitrogens with one attached hydrogen (secondary N) is 1. The zero-order valence-electron chi connectivity index (χ0n) is 17.4. The van der Waals surface area contributed by atoms with Gasteiger partial charge in [0.2, 0.25) is 0 Å². The van der Waals surface area contributed by atoms with Crippen LogP contribution in [0.4, 0.5) is 5.00 Å². The molecule has 1 aromatic heterocycles. The predicted molar refractivity (Wildman–Crippen MR) is 126 cm³/mol. The van der Waals surface area contributed by atoms with Crippen molar-refractivity contribution in [2.24, 2.45) is 5.73 Å². The number of primary amides is 1. The van der Waals surface area contributed by atoms with E-state index in [0.717, 1.165) is 14.9 Å². The molecule has 6 nitrogen and oxygen atoms in total. The molecule has 3 rings (SSSR count). The zero-order chi connectivity index (χ0) is 22.5. The predicted octanol–water partition coefficient (Wildman–Crippen LogP) is 5.57. The fourth-order valence-electron chi connectivity index (χ4n) is 2.87. The number of benzene rings is 2. The van der Waals surface area contributed by atoms with Crippen molar-refractivity contribution in [3.63, 3.8) is 0 Å². The third-order valence-electron chi connectivity index (χ3n) is 4.56. The highest BCUT2D eigenvalue weighted by Gasteiger charge is 2.19. The molecule has 1 heterocycles. The normalized spacial score (nSPS) is 10.7. The standard InChI is InChI=1S/C23H23BrN2O4S/c1-13(2)20-11-18(21(25)27)23(31-20)26-22(28)14-4-9-19(29-3)15(10-14)12-30-17-7-5-16(24)6-8-17/h4-11,13H,12H2,1-3H3,(H2,25,27)(H,26,28). The second kappa shape index (κ2) is 9.98. The van der Waals surface area contributed by atoms with Gasteiger partial charge in [-0.1, -0.05) is 29.8 Å². The highest BCUT2D eigenvalue weighted by atomic mass is 79.9. The molecule has 0 aliphatic heterocycles. The number of hydrogen-bond donors (Lipinski definition) is 2. The van der Waals surface area contributed by atoms with Gasteiger partial charge in [-0.05, 0) is 54.4 Å². The van der Waals surface area contributed by atoms with Crippen LogP contribution in [0.25, 0.3) is 0 Å². The monoisotopic (exact) mass is 502 g/mol. The molecule has 0 aliphatic rings. The number of rotatable bonds is 8. The lowest BCUT2D eigenvalue weighted by Gasteiger charge is -2.12. The summed E-state index contributed by atoms with van der Waals surface area (Å²) in [6.45, 7) is 4.27. The first kappa shape index (κ1) is 22.8. The Hall–Kier alpha value is -2.84. The lowest BCUT2D eigenvalue weighted by atomic mass is 10.1. The molecule has 8 heteroatoms. The van der Waals surface area contributed by atoms with Crippen molar-refractivity contribution in [2.45, 2.75) is 26.4 Å². The fraction of sp³-hybridized carbons (Fsp3) is 0.217. The van der Waals surface area contributed by atoms with E-state index < -0.39 is 5.91 Å². The molecule has 0 radical (unpaired) electrons. The topological polar surface area (TPSA) is 90.6 Å². The Morgan fingerprint density at radius 1 is 1.13 bits per heavy atom. The van der Waals surface area contributed by atoms with E-state index in [1.807, 2.05) is 38.1 Å². The summed E-state index contributed by atoms with van der Waals surface area (Å²) in [5.74, 6) is 0.622. The number of anilines is 1. The number of nitrogens with two attached hydrogens (primary N) is 1. The van der Waals surface area contributed by atoms with Crippen LogP contribution in [0.1, 0.15) is 50.9 Å². The van der Waals surface area contributed by atoms with E-state index in [4.69, 9.17) is 15.2 Å². The minimum absolute atomic E-state index is 0.220. The molecule has 3 aromatic rings. The molecule has 2 amide bonds. The Morgan fingerprint density at radius 3 is 2.45 bits per heavy atom. The number of carbonyl (C=O) groups excluding carboxylic acids is 2. The van der Waals surface area contributed by atoms with Crippen LogP contribution < -0.4 is 20.5 Å². The number of methoxy groups -OCH3 is 1. The van der Waals surface area contributed by atoms with Gasteiger partial charge in [0.15, 0.2) is 0 Å². The number of thiophene rings is 1. The zero-order valence-corrected chi connectivity index (χ0v) is 19.8. The second-order valence-electron chi connectivity index (χ2n) is 7.13. The van der Waals surface area contributed by atoms with Crippen molar-refractivity contribution in [2.75, 3.05) is 12.4 Å². The molecule has 0 aliphatic carbocycles. The van der Waals surface area contributed by atoms with Crippen LogP contribution in [-0.2, 0) is 6.61 Å². The van der Waals surface area contributed by atoms with E-state index in [1.54, 1.807) is 31.4 Å². The van der Waals surface area contributed by atoms with Crippen LogP contribution in [0.5, 0.6) is 11.5 Å². The Balaban J connectivity index is 1.81. The van der Waals surface area contributed by atoms with Crippen molar-refractivity contribution in [1.82, 2.24) is 0 Å². The highest BCUT2D eigenvalue weighted by molar-refractivity contribution is 9.10. The van der Waals surface area contributed by atoms with Crippen molar-refractivity contribution < 1.29 is 19.1 Å². The van der Waals surface area contributed by atoms with E-state index in [2.05, 4.69) is 21.2 Å². The van der Waals surface area contributed by atoms with Crippen LogP contribution in [0.2, 0.25) is 0 Å². The number of halogens is 1. The van der Waals surface area contributed by atoms with Crippen LogP contribution in [0, 0.1) is 0 Å². The first-order valence-electron chi connectivity index (χ1n) is 9.58. The fourth-order valence-corrected chi connectivity index (χ4v) is 4.20. The smallest absolute Gasteiger partial charge is 0.256 e. The molecule has 0 saturated carbocycles. The SMILES string of the molecule is COc1ccc(C(=O)Nc2sc(C(C)C)cc2C(N)=O)cc1COc1ccc(Br)cc1. The van der Waals surface area contributed by atoms with E-state index in [0.29, 0.717) is 27.6 Å². The van der Waals surface area contributed by atoms with Gasteiger partial charge in [-0.3, -0.25) is 9.59 Å². The number of carbonyl (C=O) groups is 2. The van der Waals surface area contributed by atoms with Gasteiger partial charge in [0.05, 0.1) is 12.7 Å². The number of amides is 2. The van der Waals surface area contributed by atoms with Crippen molar-refractivity contribution in [1.29, 1.82) is 0 Å². The Morgan fingerprint density at radius 2 is 1.84 bits per heavy atom. The highest BCUT2D eigenvalue weighted by Crippen LogP contribution is 2.33. The van der Waals surface area contributed by atoms with E-state index in [9.17, 15) is 9.59 Å². The third-order valence-corrected chi connectivity index (χ3v) is 6.44. The lowest BCUT2D eigenvalue weighted by Crippen LogP contribution is -2.16. The molecule has 3 N–H and O–H groups in total. The second-order valence-corrected chi connectivity index (χ2v) is 9.13. The largest absolute Gasteiger partial charge is 0.496 e. The molecule has 31 heavy (non-hydrogen) atoms. The van der Waals surface area contributed by atoms with Gasteiger partial charge in [0.1, 0.15) is 23.1 Å². The van der Waals surface area contributed by atoms with Crippen LogP contribution in [-0.4, -0.2) is 18.9 Å². The van der Waals surface area contributed by atoms with E-state index in [-0.39, 0.29) is 18.4 Å². The molecule has 0 spiro atoms.